The molecule has 0 heterocycles. The van der Waals surface area contributed by atoms with Crippen molar-refractivity contribution in [2.45, 2.75) is 13.0 Å². The lowest BCUT2D eigenvalue weighted by Crippen LogP contribution is -2.41. The summed E-state index contributed by atoms with van der Waals surface area (Å²) in [5, 5.41) is 11.0. The summed E-state index contributed by atoms with van der Waals surface area (Å²) < 4.78 is 4.31. The van der Waals surface area contributed by atoms with Crippen molar-refractivity contribution < 1.29 is 19.4 Å². The number of hydrogen-bond donors (Lipinski definition) is 2. The Kier molecular flexibility index (Phi) is 6.35. The molecular formula is C11H15NO4. The standard InChI is InChI=1S/C11H15NO4/c1-4-5-6-7-8(2)9(10(13)14)12-11(15)16-3/h4-7,9H,2H2,1,3H3,(H,12,15)(H,13,14)/b5-4-,7-6-/t9-/m1/s1. The van der Waals surface area contributed by atoms with E-state index in [-0.39, 0.29) is 5.57 Å². The summed E-state index contributed by atoms with van der Waals surface area (Å²) in [4.78, 5) is 21.7. The smallest absolute Gasteiger partial charge is 0.407 e. The zero-order valence-electron chi connectivity index (χ0n) is 9.27. The average molecular weight is 225 g/mol. The first-order chi connectivity index (χ1) is 7.52. The van der Waals surface area contributed by atoms with Gasteiger partial charge in [-0.1, -0.05) is 30.9 Å². The fourth-order valence-corrected chi connectivity index (χ4v) is 0.876. The normalized spacial score (nSPS) is 12.6. The first-order valence-electron chi connectivity index (χ1n) is 4.58. The minimum Gasteiger partial charge on any atom is -0.479 e. The number of rotatable bonds is 5. The van der Waals surface area contributed by atoms with Crippen LogP contribution in [0.5, 0.6) is 0 Å². The Labute approximate surface area is 94.1 Å². The number of carbonyl (C=O) groups is 2. The van der Waals surface area contributed by atoms with Crippen LogP contribution in [0.1, 0.15) is 6.92 Å². The van der Waals surface area contributed by atoms with Crippen LogP contribution in [-0.4, -0.2) is 30.3 Å². The molecule has 1 amide bonds. The monoisotopic (exact) mass is 225 g/mol. The lowest BCUT2D eigenvalue weighted by atomic mass is 10.1. The highest BCUT2D eigenvalue weighted by Crippen LogP contribution is 2.03. The van der Waals surface area contributed by atoms with Crippen molar-refractivity contribution in [2.75, 3.05) is 7.11 Å². The highest BCUT2D eigenvalue weighted by molar-refractivity contribution is 5.83. The van der Waals surface area contributed by atoms with Crippen molar-refractivity contribution >= 4 is 12.1 Å². The van der Waals surface area contributed by atoms with Gasteiger partial charge in [0.25, 0.3) is 0 Å². The van der Waals surface area contributed by atoms with E-state index < -0.39 is 18.1 Å². The molecule has 0 aliphatic rings. The molecule has 0 spiro atoms. The Hall–Kier alpha value is -2.04. The first-order valence-corrected chi connectivity index (χ1v) is 4.58. The van der Waals surface area contributed by atoms with Crippen molar-refractivity contribution in [3.8, 4) is 0 Å². The summed E-state index contributed by atoms with van der Waals surface area (Å²) in [7, 11) is 1.16. The maximum absolute atomic E-state index is 10.9. The van der Waals surface area contributed by atoms with Gasteiger partial charge in [0.1, 0.15) is 0 Å². The zero-order valence-corrected chi connectivity index (χ0v) is 9.27. The molecule has 0 rings (SSSR count). The van der Waals surface area contributed by atoms with Crippen LogP contribution in [-0.2, 0) is 9.53 Å². The summed E-state index contributed by atoms with van der Waals surface area (Å²) in [5.41, 5.74) is 0.260. The van der Waals surface area contributed by atoms with Gasteiger partial charge >= 0.3 is 12.1 Å². The summed E-state index contributed by atoms with van der Waals surface area (Å²) in [6.07, 6.45) is 5.84. The molecule has 0 aromatic carbocycles. The Morgan fingerprint density at radius 1 is 1.44 bits per heavy atom. The molecule has 1 atom stereocenters. The minimum atomic E-state index is -1.19. The van der Waals surface area contributed by atoms with Gasteiger partial charge in [0.05, 0.1) is 7.11 Å². The molecule has 0 saturated carbocycles. The number of carbonyl (C=O) groups excluding carboxylic acids is 1. The largest absolute Gasteiger partial charge is 0.479 e. The third-order valence-corrected chi connectivity index (χ3v) is 1.68. The second-order valence-corrected chi connectivity index (χ2v) is 2.87. The number of nitrogens with one attached hydrogen (secondary N) is 1. The van der Waals surface area contributed by atoms with E-state index in [0.717, 1.165) is 7.11 Å². The zero-order chi connectivity index (χ0) is 12.6. The second kappa shape index (κ2) is 7.28. The number of hydrogen-bond acceptors (Lipinski definition) is 3. The van der Waals surface area contributed by atoms with E-state index in [0.29, 0.717) is 0 Å². The molecule has 5 nitrogen and oxygen atoms in total. The van der Waals surface area contributed by atoms with Gasteiger partial charge < -0.3 is 15.2 Å². The van der Waals surface area contributed by atoms with Crippen LogP contribution < -0.4 is 5.32 Å². The van der Waals surface area contributed by atoms with Gasteiger partial charge in [0, 0.05) is 0 Å². The number of amides is 1. The molecule has 16 heavy (non-hydrogen) atoms. The SMILES string of the molecule is C=C(/C=C\C=C/C)[C@@H](NC(=O)OC)C(=O)O. The van der Waals surface area contributed by atoms with Crippen LogP contribution in [0.4, 0.5) is 4.79 Å². The van der Waals surface area contributed by atoms with E-state index in [1.807, 2.05) is 6.92 Å². The molecular weight excluding hydrogens is 210 g/mol. The van der Waals surface area contributed by atoms with Gasteiger partial charge in [-0.05, 0) is 12.5 Å². The summed E-state index contributed by atoms with van der Waals surface area (Å²) in [6, 6.07) is -1.19. The number of ether oxygens (including phenoxy) is 1. The number of aliphatic carboxylic acids is 1. The van der Waals surface area contributed by atoms with Crippen molar-refractivity contribution in [1.29, 1.82) is 0 Å². The van der Waals surface area contributed by atoms with E-state index in [4.69, 9.17) is 5.11 Å². The molecule has 5 heteroatoms. The third kappa shape index (κ3) is 4.99. The predicted molar refractivity (Wildman–Crippen MR) is 60.1 cm³/mol. The highest BCUT2D eigenvalue weighted by atomic mass is 16.5. The maximum atomic E-state index is 10.9. The predicted octanol–water partition coefficient (Wildman–Crippen LogP) is 1.48. The fourth-order valence-electron chi connectivity index (χ4n) is 0.876. The molecule has 0 aromatic heterocycles. The topological polar surface area (TPSA) is 75.6 Å². The molecule has 88 valence electrons. The van der Waals surface area contributed by atoms with Crippen molar-refractivity contribution in [3.63, 3.8) is 0 Å². The summed E-state index contributed by atoms with van der Waals surface area (Å²) in [5.74, 6) is -1.19. The van der Waals surface area contributed by atoms with Crippen LogP contribution in [0.15, 0.2) is 36.5 Å². The lowest BCUT2D eigenvalue weighted by Gasteiger charge is -2.13. The lowest BCUT2D eigenvalue weighted by molar-refractivity contribution is -0.138. The number of carboxylic acids is 1. The number of alkyl carbamates (subject to hydrolysis) is 1. The minimum absolute atomic E-state index is 0.260. The average Bonchev–Trinajstić information content (AvgIpc) is 2.25. The van der Waals surface area contributed by atoms with E-state index in [1.54, 1.807) is 18.2 Å². The molecule has 0 saturated heterocycles. The first kappa shape index (κ1) is 14.0. The molecule has 0 bridgehead atoms. The van der Waals surface area contributed by atoms with Crippen LogP contribution >= 0.6 is 0 Å². The Balaban J connectivity index is 4.59. The summed E-state index contributed by atoms with van der Waals surface area (Å²) >= 11 is 0. The van der Waals surface area contributed by atoms with Gasteiger partial charge in [-0.3, -0.25) is 0 Å². The van der Waals surface area contributed by atoms with E-state index in [9.17, 15) is 9.59 Å². The Morgan fingerprint density at radius 3 is 2.50 bits per heavy atom. The molecule has 0 aromatic rings. The fraction of sp³-hybridized carbons (Fsp3) is 0.273. The molecule has 0 aliphatic carbocycles. The van der Waals surface area contributed by atoms with Crippen LogP contribution in [0, 0.1) is 0 Å². The third-order valence-electron chi connectivity index (χ3n) is 1.68. The molecule has 0 aliphatic heterocycles. The van der Waals surface area contributed by atoms with E-state index >= 15 is 0 Å². The number of allylic oxidation sites excluding steroid dienone is 3. The Bertz CT molecular complexity index is 331. The van der Waals surface area contributed by atoms with E-state index in [1.165, 1.54) is 6.08 Å². The van der Waals surface area contributed by atoms with Crippen molar-refractivity contribution in [3.05, 3.63) is 36.5 Å². The maximum Gasteiger partial charge on any atom is 0.407 e. The van der Waals surface area contributed by atoms with Crippen molar-refractivity contribution in [2.24, 2.45) is 0 Å². The molecule has 0 unspecified atom stereocenters. The number of methoxy groups -OCH3 is 1. The highest BCUT2D eigenvalue weighted by Gasteiger charge is 2.21. The summed E-state index contributed by atoms with van der Waals surface area (Å²) in [6.45, 7) is 5.39. The van der Waals surface area contributed by atoms with Gasteiger partial charge in [-0.15, -0.1) is 0 Å². The van der Waals surface area contributed by atoms with Crippen LogP contribution in [0.2, 0.25) is 0 Å². The molecule has 0 radical (unpaired) electrons. The van der Waals surface area contributed by atoms with Crippen LogP contribution in [0.3, 0.4) is 0 Å². The van der Waals surface area contributed by atoms with Gasteiger partial charge in [-0.2, -0.15) is 0 Å². The number of carboxylic acid groups (broad SMARTS) is 1. The second-order valence-electron chi connectivity index (χ2n) is 2.87. The van der Waals surface area contributed by atoms with Crippen LogP contribution in [0.25, 0.3) is 0 Å². The van der Waals surface area contributed by atoms with Gasteiger partial charge in [0.2, 0.25) is 0 Å². The van der Waals surface area contributed by atoms with Crippen molar-refractivity contribution in [1.82, 2.24) is 5.32 Å². The molecule has 2 N–H and O–H groups in total. The molecule has 0 fully saturated rings. The van der Waals surface area contributed by atoms with Gasteiger partial charge in [-0.25, -0.2) is 9.59 Å². The Morgan fingerprint density at radius 2 is 2.06 bits per heavy atom. The quantitative estimate of drug-likeness (QED) is 0.695. The van der Waals surface area contributed by atoms with Gasteiger partial charge in [0.15, 0.2) is 6.04 Å². The van der Waals surface area contributed by atoms with E-state index in [2.05, 4.69) is 16.6 Å².